The summed E-state index contributed by atoms with van der Waals surface area (Å²) in [5, 5.41) is 7.42. The first-order chi connectivity index (χ1) is 12.7. The van der Waals surface area contributed by atoms with E-state index in [1.54, 1.807) is 12.4 Å². The van der Waals surface area contributed by atoms with Crippen LogP contribution in [-0.2, 0) is 37.9 Å². The highest BCUT2D eigenvalue weighted by Crippen LogP contribution is 2.24. The van der Waals surface area contributed by atoms with E-state index in [1.807, 2.05) is 25.4 Å². The van der Waals surface area contributed by atoms with Crippen LogP contribution < -0.4 is 0 Å². The Morgan fingerprint density at radius 1 is 1.31 bits per heavy atom. The van der Waals surface area contributed by atoms with Crippen molar-refractivity contribution in [2.24, 2.45) is 7.05 Å². The van der Waals surface area contributed by atoms with Crippen LogP contribution in [0.1, 0.15) is 28.3 Å². The van der Waals surface area contributed by atoms with E-state index in [0.29, 0.717) is 19.3 Å². The smallest absolute Gasteiger partial charge is 0.0949 e. The minimum Gasteiger partial charge on any atom is -0.375 e. The molecule has 0 spiro atoms. The van der Waals surface area contributed by atoms with Gasteiger partial charge >= 0.3 is 0 Å². The van der Waals surface area contributed by atoms with Crippen LogP contribution in [0.5, 0.6) is 0 Å². The van der Waals surface area contributed by atoms with Gasteiger partial charge < -0.3 is 9.30 Å². The van der Waals surface area contributed by atoms with Crippen molar-refractivity contribution in [2.45, 2.75) is 39.1 Å². The monoisotopic (exact) mass is 352 g/mol. The molecule has 0 bridgehead atoms. The van der Waals surface area contributed by atoms with Crippen molar-refractivity contribution in [3.05, 3.63) is 65.3 Å². The van der Waals surface area contributed by atoms with Crippen LogP contribution in [-0.4, -0.2) is 42.3 Å². The van der Waals surface area contributed by atoms with Gasteiger partial charge in [0.2, 0.25) is 0 Å². The van der Waals surface area contributed by atoms with Crippen molar-refractivity contribution in [1.29, 1.82) is 0 Å². The second-order valence-corrected chi connectivity index (χ2v) is 6.92. The van der Waals surface area contributed by atoms with Crippen LogP contribution in [0.25, 0.3) is 0 Å². The number of imidazole rings is 1. The Morgan fingerprint density at radius 3 is 2.92 bits per heavy atom. The number of fused-ring (bicyclic) bond motifs is 1. The normalized spacial score (nSPS) is 17.4. The average Bonchev–Trinajstić information content (AvgIpc) is 3.22. The lowest BCUT2D eigenvalue weighted by atomic mass is 10.0. The molecule has 1 N–H and O–H groups in total. The molecule has 3 aromatic rings. The minimum absolute atomic E-state index is 0.303. The summed E-state index contributed by atoms with van der Waals surface area (Å²) in [4.78, 5) is 11.0. The number of aromatic nitrogens is 5. The molecular formula is C19H24N6O. The van der Waals surface area contributed by atoms with Crippen LogP contribution in [0.2, 0.25) is 0 Å². The molecule has 136 valence electrons. The van der Waals surface area contributed by atoms with E-state index in [9.17, 15) is 0 Å². The maximum atomic E-state index is 6.04. The molecule has 0 radical (unpaired) electrons. The summed E-state index contributed by atoms with van der Waals surface area (Å²) >= 11 is 0. The van der Waals surface area contributed by atoms with Crippen LogP contribution in [0.4, 0.5) is 0 Å². The number of hydrogen-bond acceptors (Lipinski definition) is 5. The van der Waals surface area contributed by atoms with E-state index in [1.165, 1.54) is 5.69 Å². The fourth-order valence-electron chi connectivity index (χ4n) is 3.48. The lowest BCUT2D eigenvalue weighted by Crippen LogP contribution is -2.43. The third kappa shape index (κ3) is 3.68. The summed E-state index contributed by atoms with van der Waals surface area (Å²) in [7, 11) is 2.06. The Morgan fingerprint density at radius 2 is 2.15 bits per heavy atom. The van der Waals surface area contributed by atoms with Crippen molar-refractivity contribution in [3.63, 3.8) is 0 Å². The van der Waals surface area contributed by atoms with E-state index < -0.39 is 0 Å². The second-order valence-electron chi connectivity index (χ2n) is 6.92. The number of rotatable bonds is 6. The molecule has 0 saturated heterocycles. The van der Waals surface area contributed by atoms with Gasteiger partial charge in [-0.3, -0.25) is 15.0 Å². The quantitative estimate of drug-likeness (QED) is 0.735. The van der Waals surface area contributed by atoms with Gasteiger partial charge in [-0.15, -0.1) is 0 Å². The molecule has 0 amide bonds. The molecule has 0 unspecified atom stereocenters. The first-order valence-electron chi connectivity index (χ1n) is 8.89. The molecule has 0 aromatic carbocycles. The van der Waals surface area contributed by atoms with E-state index in [2.05, 4.69) is 42.7 Å². The van der Waals surface area contributed by atoms with Crippen LogP contribution in [0, 0.1) is 6.92 Å². The number of nitrogens with zero attached hydrogens (tertiary/aromatic N) is 5. The van der Waals surface area contributed by atoms with E-state index in [0.717, 1.165) is 42.2 Å². The summed E-state index contributed by atoms with van der Waals surface area (Å²) < 4.78 is 8.16. The molecule has 0 saturated carbocycles. The first-order valence-corrected chi connectivity index (χ1v) is 8.89. The number of ether oxygens (including phenoxy) is 1. The maximum Gasteiger partial charge on any atom is 0.0949 e. The van der Waals surface area contributed by atoms with Crippen molar-refractivity contribution in [1.82, 2.24) is 29.6 Å². The molecule has 4 heterocycles. The Hall–Kier alpha value is -2.51. The Bertz CT molecular complexity index is 856. The topological polar surface area (TPSA) is 71.9 Å². The number of pyridine rings is 1. The van der Waals surface area contributed by atoms with Gasteiger partial charge in [0.15, 0.2) is 0 Å². The third-order valence-corrected chi connectivity index (χ3v) is 4.90. The second kappa shape index (κ2) is 7.39. The lowest BCUT2D eigenvalue weighted by molar-refractivity contribution is 0.0355. The maximum absolute atomic E-state index is 6.04. The van der Waals surface area contributed by atoms with Crippen LogP contribution in [0.3, 0.4) is 0 Å². The van der Waals surface area contributed by atoms with E-state index in [4.69, 9.17) is 4.74 Å². The largest absolute Gasteiger partial charge is 0.375 e. The van der Waals surface area contributed by atoms with Crippen molar-refractivity contribution in [3.8, 4) is 0 Å². The minimum atomic E-state index is 0.303. The number of aromatic amines is 1. The molecule has 7 heteroatoms. The highest BCUT2D eigenvalue weighted by Gasteiger charge is 2.29. The van der Waals surface area contributed by atoms with Gasteiger partial charge in [0, 0.05) is 56.4 Å². The fourth-order valence-corrected chi connectivity index (χ4v) is 3.48. The van der Waals surface area contributed by atoms with E-state index >= 15 is 0 Å². The van der Waals surface area contributed by atoms with Crippen LogP contribution in [0.15, 0.2) is 36.9 Å². The number of nitrogens with one attached hydrogen (secondary N) is 1. The van der Waals surface area contributed by atoms with Gasteiger partial charge in [-0.1, -0.05) is 0 Å². The zero-order chi connectivity index (χ0) is 17.9. The summed E-state index contributed by atoms with van der Waals surface area (Å²) in [5.41, 5.74) is 5.75. The fraction of sp³-hybridized carbons (Fsp3) is 0.421. The number of H-pyrrole nitrogens is 1. The average molecular weight is 352 g/mol. The molecule has 1 aliphatic rings. The zero-order valence-electron chi connectivity index (χ0n) is 15.2. The zero-order valence-corrected chi connectivity index (χ0v) is 15.2. The number of aryl methyl sites for hydroxylation is 2. The standard InChI is InChI=1S/C19H24N6O/c1-14-7-16(23-22-14)9-25-10-18-19(24(2)13-21-18)8-17(25)12-26-11-15-3-5-20-6-4-15/h3-7,13,17H,8-12H2,1-2H3,(H,22,23)/t17-/m1/s1. The van der Waals surface area contributed by atoms with Crippen molar-refractivity contribution >= 4 is 0 Å². The lowest BCUT2D eigenvalue weighted by Gasteiger charge is -2.34. The Labute approximate surface area is 153 Å². The first kappa shape index (κ1) is 16.9. The third-order valence-electron chi connectivity index (χ3n) is 4.90. The summed E-state index contributed by atoms with van der Waals surface area (Å²) in [6, 6.07) is 6.38. The van der Waals surface area contributed by atoms with E-state index in [-0.39, 0.29) is 0 Å². The molecule has 0 aliphatic carbocycles. The molecule has 1 aliphatic heterocycles. The summed E-state index contributed by atoms with van der Waals surface area (Å²) in [6.45, 7) is 4.93. The van der Waals surface area contributed by atoms with Gasteiger partial charge in [-0.25, -0.2) is 4.98 Å². The van der Waals surface area contributed by atoms with Crippen molar-refractivity contribution < 1.29 is 4.74 Å². The molecule has 1 atom stereocenters. The predicted molar refractivity (Wildman–Crippen MR) is 97.2 cm³/mol. The van der Waals surface area contributed by atoms with Gasteiger partial charge in [0.05, 0.1) is 30.9 Å². The molecule has 4 rings (SSSR count). The van der Waals surface area contributed by atoms with Gasteiger partial charge in [0.25, 0.3) is 0 Å². The summed E-state index contributed by atoms with van der Waals surface area (Å²) in [5.74, 6) is 0. The van der Waals surface area contributed by atoms with Gasteiger partial charge in [0.1, 0.15) is 0 Å². The molecular weight excluding hydrogens is 328 g/mol. The Balaban J connectivity index is 1.46. The van der Waals surface area contributed by atoms with Crippen molar-refractivity contribution in [2.75, 3.05) is 6.61 Å². The molecule has 3 aromatic heterocycles. The SMILES string of the molecule is Cc1cc(CN2Cc3ncn(C)c3C[C@@H]2COCc2ccncc2)n[nH]1. The number of hydrogen-bond donors (Lipinski definition) is 1. The molecule has 7 nitrogen and oxygen atoms in total. The van der Waals surface area contributed by atoms with Gasteiger partial charge in [-0.2, -0.15) is 5.10 Å². The van der Waals surface area contributed by atoms with Gasteiger partial charge in [-0.05, 0) is 30.7 Å². The summed E-state index contributed by atoms with van der Waals surface area (Å²) in [6.07, 6.45) is 6.44. The molecule has 0 fully saturated rings. The molecule has 26 heavy (non-hydrogen) atoms. The highest BCUT2D eigenvalue weighted by atomic mass is 16.5. The van der Waals surface area contributed by atoms with Crippen LogP contribution >= 0.6 is 0 Å². The predicted octanol–water partition coefficient (Wildman–Crippen LogP) is 1.99. The highest BCUT2D eigenvalue weighted by molar-refractivity contribution is 5.19. The Kier molecular flexibility index (Phi) is 4.81.